The van der Waals surface area contributed by atoms with Gasteiger partial charge < -0.3 is 0 Å². The fraction of sp³-hybridized carbons (Fsp3) is 0.250. The molecule has 0 saturated carbocycles. The Hall–Kier alpha value is -1.60. The molecule has 2 aromatic rings. The second kappa shape index (κ2) is 2.99. The summed E-state index contributed by atoms with van der Waals surface area (Å²) in [7, 11) is 0. The molecule has 17 heavy (non-hydrogen) atoms. The first-order valence-corrected chi connectivity index (χ1v) is 6.24. The molecule has 0 aromatic heterocycles. The minimum Gasteiger partial charge on any atom is -0.297 e. The first kappa shape index (κ1) is 9.43. The van der Waals surface area contributed by atoms with Crippen molar-refractivity contribution in [3.63, 3.8) is 0 Å². The van der Waals surface area contributed by atoms with Gasteiger partial charge in [0.2, 0.25) is 0 Å². The monoisotopic (exact) mass is 221 g/mol. The van der Waals surface area contributed by atoms with Crippen LogP contribution in [0.1, 0.15) is 35.2 Å². The molecular weight excluding hydrogens is 206 g/mol. The van der Waals surface area contributed by atoms with Gasteiger partial charge in [-0.15, -0.1) is 0 Å². The van der Waals surface area contributed by atoms with Crippen molar-refractivity contribution in [2.75, 3.05) is 0 Å². The van der Waals surface area contributed by atoms with Crippen LogP contribution in [0.4, 0.5) is 0 Å². The molecule has 2 heterocycles. The SMILES string of the molecule is C[C@@]12NC(Cc3ccccc31)c1ccccc12. The first-order chi connectivity index (χ1) is 8.29. The van der Waals surface area contributed by atoms with Crippen LogP contribution >= 0.6 is 0 Å². The lowest BCUT2D eigenvalue weighted by Crippen LogP contribution is -2.41. The average Bonchev–Trinajstić information content (AvgIpc) is 2.61. The van der Waals surface area contributed by atoms with Gasteiger partial charge in [-0.1, -0.05) is 48.5 Å². The Kier molecular flexibility index (Phi) is 1.66. The first-order valence-electron chi connectivity index (χ1n) is 6.24. The van der Waals surface area contributed by atoms with Gasteiger partial charge in [0.1, 0.15) is 0 Å². The maximum atomic E-state index is 3.79. The quantitative estimate of drug-likeness (QED) is 0.720. The predicted octanol–water partition coefficient (Wildman–Crippen LogP) is 3.15. The highest BCUT2D eigenvalue weighted by atomic mass is 15.1. The summed E-state index contributed by atoms with van der Waals surface area (Å²) >= 11 is 0. The zero-order valence-corrected chi connectivity index (χ0v) is 9.90. The fourth-order valence-corrected chi connectivity index (χ4v) is 3.55. The van der Waals surface area contributed by atoms with Gasteiger partial charge in [0.05, 0.1) is 5.54 Å². The molecule has 1 unspecified atom stereocenters. The van der Waals surface area contributed by atoms with Crippen LogP contribution < -0.4 is 5.32 Å². The molecule has 2 aliphatic rings. The van der Waals surface area contributed by atoms with Crippen molar-refractivity contribution >= 4 is 0 Å². The fourth-order valence-electron chi connectivity index (χ4n) is 3.55. The molecule has 0 saturated heterocycles. The van der Waals surface area contributed by atoms with E-state index in [0.29, 0.717) is 6.04 Å². The summed E-state index contributed by atoms with van der Waals surface area (Å²) < 4.78 is 0. The maximum absolute atomic E-state index is 3.79. The van der Waals surface area contributed by atoms with E-state index >= 15 is 0 Å². The van der Waals surface area contributed by atoms with Gasteiger partial charge in [0.15, 0.2) is 0 Å². The molecule has 2 aliphatic heterocycles. The molecule has 2 aromatic carbocycles. The Morgan fingerprint density at radius 1 is 1.00 bits per heavy atom. The van der Waals surface area contributed by atoms with E-state index in [9.17, 15) is 0 Å². The average molecular weight is 221 g/mol. The molecule has 0 radical (unpaired) electrons. The summed E-state index contributed by atoms with van der Waals surface area (Å²) in [6.45, 7) is 2.31. The van der Waals surface area contributed by atoms with Gasteiger partial charge in [-0.05, 0) is 35.6 Å². The van der Waals surface area contributed by atoms with Crippen molar-refractivity contribution in [2.45, 2.75) is 24.9 Å². The van der Waals surface area contributed by atoms with Gasteiger partial charge in [-0.3, -0.25) is 5.32 Å². The van der Waals surface area contributed by atoms with Gasteiger partial charge in [0.25, 0.3) is 0 Å². The minimum absolute atomic E-state index is 0.0100. The number of hydrogen-bond acceptors (Lipinski definition) is 1. The van der Waals surface area contributed by atoms with Gasteiger partial charge >= 0.3 is 0 Å². The smallest absolute Gasteiger partial charge is 0.0672 e. The predicted molar refractivity (Wildman–Crippen MR) is 68.9 cm³/mol. The van der Waals surface area contributed by atoms with Crippen molar-refractivity contribution in [3.8, 4) is 0 Å². The van der Waals surface area contributed by atoms with Crippen LogP contribution in [0.25, 0.3) is 0 Å². The van der Waals surface area contributed by atoms with Crippen LogP contribution in [0.5, 0.6) is 0 Å². The molecule has 2 atom stereocenters. The van der Waals surface area contributed by atoms with E-state index < -0.39 is 0 Å². The highest BCUT2D eigenvalue weighted by Crippen LogP contribution is 2.47. The molecule has 2 bridgehead atoms. The summed E-state index contributed by atoms with van der Waals surface area (Å²) in [5.74, 6) is 0. The highest BCUT2D eigenvalue weighted by Gasteiger charge is 2.45. The van der Waals surface area contributed by atoms with Crippen molar-refractivity contribution in [2.24, 2.45) is 0 Å². The second-order valence-electron chi connectivity index (χ2n) is 5.27. The van der Waals surface area contributed by atoms with Crippen LogP contribution in [-0.4, -0.2) is 0 Å². The Morgan fingerprint density at radius 2 is 1.71 bits per heavy atom. The van der Waals surface area contributed by atoms with E-state index in [-0.39, 0.29) is 5.54 Å². The van der Waals surface area contributed by atoms with Gasteiger partial charge in [0, 0.05) is 6.04 Å². The van der Waals surface area contributed by atoms with E-state index in [1.807, 2.05) is 0 Å². The van der Waals surface area contributed by atoms with E-state index in [4.69, 9.17) is 0 Å². The molecule has 0 aliphatic carbocycles. The molecule has 0 fully saturated rings. The lowest BCUT2D eigenvalue weighted by Gasteiger charge is -2.34. The third kappa shape index (κ3) is 1.07. The molecular formula is C16H15N. The van der Waals surface area contributed by atoms with Crippen molar-refractivity contribution < 1.29 is 0 Å². The minimum atomic E-state index is 0.0100. The maximum Gasteiger partial charge on any atom is 0.0672 e. The van der Waals surface area contributed by atoms with E-state index in [2.05, 4.69) is 60.8 Å². The summed E-state index contributed by atoms with van der Waals surface area (Å²) in [6, 6.07) is 18.2. The molecule has 0 spiro atoms. The standard InChI is InChI=1S/C16H15N/c1-16-13-8-4-2-6-11(13)10-15(17-16)12-7-3-5-9-14(12)16/h2-9,15,17H,10H2,1H3/t15?,16-/m1/s1. The molecule has 0 amide bonds. The number of nitrogens with one attached hydrogen (secondary N) is 1. The van der Waals surface area contributed by atoms with Crippen LogP contribution in [0.3, 0.4) is 0 Å². The van der Waals surface area contributed by atoms with Crippen LogP contribution in [0.2, 0.25) is 0 Å². The van der Waals surface area contributed by atoms with E-state index in [0.717, 1.165) is 6.42 Å². The molecule has 1 N–H and O–H groups in total. The summed E-state index contributed by atoms with van der Waals surface area (Å²) in [5.41, 5.74) is 5.88. The second-order valence-corrected chi connectivity index (χ2v) is 5.27. The normalized spacial score (nSPS) is 28.6. The third-order valence-corrected chi connectivity index (χ3v) is 4.32. The molecule has 1 nitrogen and oxygen atoms in total. The van der Waals surface area contributed by atoms with E-state index in [1.54, 1.807) is 0 Å². The number of benzene rings is 2. The lowest BCUT2D eigenvalue weighted by atomic mass is 9.82. The van der Waals surface area contributed by atoms with Crippen molar-refractivity contribution in [1.82, 2.24) is 5.32 Å². The Bertz CT molecular complexity index is 589. The Balaban J connectivity index is 2.05. The highest BCUT2D eigenvalue weighted by molar-refractivity contribution is 5.54. The van der Waals surface area contributed by atoms with Crippen LogP contribution in [0, 0.1) is 0 Å². The Labute approximate surface area is 101 Å². The van der Waals surface area contributed by atoms with E-state index in [1.165, 1.54) is 22.3 Å². The number of fused-ring (bicyclic) bond motifs is 7. The largest absolute Gasteiger partial charge is 0.297 e. The zero-order valence-electron chi connectivity index (χ0n) is 9.90. The molecule has 4 rings (SSSR count). The van der Waals surface area contributed by atoms with Crippen molar-refractivity contribution in [3.05, 3.63) is 70.8 Å². The third-order valence-electron chi connectivity index (χ3n) is 4.32. The molecule has 1 heteroatoms. The van der Waals surface area contributed by atoms with Crippen LogP contribution in [0.15, 0.2) is 48.5 Å². The van der Waals surface area contributed by atoms with Gasteiger partial charge in [-0.25, -0.2) is 0 Å². The lowest BCUT2D eigenvalue weighted by molar-refractivity contribution is 0.389. The Morgan fingerprint density at radius 3 is 2.59 bits per heavy atom. The number of rotatable bonds is 0. The van der Waals surface area contributed by atoms with Crippen LogP contribution in [-0.2, 0) is 12.0 Å². The summed E-state index contributed by atoms with van der Waals surface area (Å²) in [6.07, 6.45) is 1.11. The zero-order chi connectivity index (χ0) is 11.5. The van der Waals surface area contributed by atoms with Gasteiger partial charge in [-0.2, -0.15) is 0 Å². The number of hydrogen-bond donors (Lipinski definition) is 1. The summed E-state index contributed by atoms with van der Waals surface area (Å²) in [5, 5.41) is 3.79. The molecule has 84 valence electrons. The summed E-state index contributed by atoms with van der Waals surface area (Å²) in [4.78, 5) is 0. The topological polar surface area (TPSA) is 12.0 Å². The van der Waals surface area contributed by atoms with Crippen molar-refractivity contribution in [1.29, 1.82) is 0 Å².